The summed E-state index contributed by atoms with van der Waals surface area (Å²) in [5, 5.41) is 12.1. The molecule has 0 radical (unpaired) electrons. The number of nitrogens with zero attached hydrogens (tertiary/aromatic N) is 1. The van der Waals surface area contributed by atoms with E-state index in [1.165, 1.54) is 6.92 Å². The molecule has 0 amide bonds. The number of benzene rings is 1. The molecule has 0 unspecified atom stereocenters. The SMILES string of the molecule is CC(=O)O[C@H]1C[C@H]2[C@]3(C)CO[C@@H](c4ccccc4)O[C@H]3CC[C@]2(C)[C@H]2[C@@H](O)c3c(cc(-c4cccnc4)oc3=O)O[C@]12C. The number of carbonyl (C=O) groups is 1. The second kappa shape index (κ2) is 10.0. The van der Waals surface area contributed by atoms with Crippen LogP contribution in [0.5, 0.6) is 5.75 Å². The highest BCUT2D eigenvalue weighted by atomic mass is 16.7. The number of rotatable bonds is 3. The number of carbonyl (C=O) groups excluding carboxylic acids is 1. The number of fused-ring (bicyclic) bond motifs is 6. The average Bonchev–Trinajstić information content (AvgIpc) is 2.98. The third kappa shape index (κ3) is 4.27. The van der Waals surface area contributed by atoms with Crippen LogP contribution in [0.4, 0.5) is 0 Å². The van der Waals surface area contributed by atoms with Crippen molar-refractivity contribution in [2.24, 2.45) is 22.7 Å². The quantitative estimate of drug-likeness (QED) is 0.403. The molecule has 9 nitrogen and oxygen atoms in total. The molecule has 0 bridgehead atoms. The van der Waals surface area contributed by atoms with Gasteiger partial charge in [-0.25, -0.2) is 4.79 Å². The van der Waals surface area contributed by atoms with Gasteiger partial charge in [0.1, 0.15) is 28.8 Å². The fourth-order valence-electron chi connectivity index (χ4n) is 8.84. The molecule has 1 aromatic carbocycles. The molecule has 9 heteroatoms. The van der Waals surface area contributed by atoms with Crippen molar-refractivity contribution < 1.29 is 33.3 Å². The van der Waals surface area contributed by atoms with E-state index in [1.807, 2.05) is 37.3 Å². The van der Waals surface area contributed by atoms with Gasteiger partial charge in [0, 0.05) is 47.8 Å². The summed E-state index contributed by atoms with van der Waals surface area (Å²) in [7, 11) is 0. The maximum Gasteiger partial charge on any atom is 0.345 e. The van der Waals surface area contributed by atoms with Gasteiger partial charge in [-0.05, 0) is 49.7 Å². The van der Waals surface area contributed by atoms with Crippen molar-refractivity contribution in [1.82, 2.24) is 4.98 Å². The van der Waals surface area contributed by atoms with Crippen LogP contribution < -0.4 is 10.4 Å². The van der Waals surface area contributed by atoms with E-state index in [-0.39, 0.29) is 29.1 Å². The van der Waals surface area contributed by atoms with Crippen LogP contribution >= 0.6 is 0 Å². The van der Waals surface area contributed by atoms with Crippen LogP contribution in [0.25, 0.3) is 11.3 Å². The Balaban J connectivity index is 1.30. The van der Waals surface area contributed by atoms with Gasteiger partial charge in [0.2, 0.25) is 0 Å². The van der Waals surface area contributed by atoms with E-state index in [0.717, 1.165) is 18.4 Å². The highest BCUT2D eigenvalue weighted by Crippen LogP contribution is 2.68. The first kappa shape index (κ1) is 28.3. The van der Waals surface area contributed by atoms with Crippen molar-refractivity contribution in [3.63, 3.8) is 0 Å². The number of hydrogen-bond donors (Lipinski definition) is 1. The first-order valence-corrected chi connectivity index (χ1v) is 15.0. The van der Waals surface area contributed by atoms with Gasteiger partial charge >= 0.3 is 11.6 Å². The van der Waals surface area contributed by atoms with Gasteiger partial charge in [-0.15, -0.1) is 0 Å². The zero-order valence-electron chi connectivity index (χ0n) is 24.8. The molecular formula is C34H37NO8. The van der Waals surface area contributed by atoms with Gasteiger partial charge < -0.3 is 28.5 Å². The molecule has 1 N–H and O–H groups in total. The van der Waals surface area contributed by atoms with Gasteiger partial charge in [0.25, 0.3) is 0 Å². The summed E-state index contributed by atoms with van der Waals surface area (Å²) >= 11 is 0. The number of ether oxygens (including phenoxy) is 4. The number of aromatic nitrogens is 1. The van der Waals surface area contributed by atoms with Crippen LogP contribution in [0.1, 0.15) is 70.5 Å². The Bertz CT molecular complexity index is 1590. The lowest BCUT2D eigenvalue weighted by molar-refractivity contribution is -0.330. The fraction of sp³-hybridized carbons (Fsp3) is 0.500. The molecule has 226 valence electrons. The Morgan fingerprint density at radius 3 is 2.60 bits per heavy atom. The van der Waals surface area contributed by atoms with E-state index in [9.17, 15) is 14.7 Å². The van der Waals surface area contributed by atoms with Crippen LogP contribution in [0.3, 0.4) is 0 Å². The summed E-state index contributed by atoms with van der Waals surface area (Å²) in [5.41, 5.74) is -1.05. The minimum absolute atomic E-state index is 0.0700. The third-order valence-corrected chi connectivity index (χ3v) is 10.7. The second-order valence-electron chi connectivity index (χ2n) is 13.2. The first-order chi connectivity index (χ1) is 20.5. The summed E-state index contributed by atoms with van der Waals surface area (Å²) in [5.74, 6) is -0.561. The molecule has 3 fully saturated rings. The molecule has 1 saturated heterocycles. The zero-order valence-corrected chi connectivity index (χ0v) is 24.8. The number of hydrogen-bond acceptors (Lipinski definition) is 9. The van der Waals surface area contributed by atoms with Crippen molar-refractivity contribution in [2.75, 3.05) is 6.61 Å². The lowest BCUT2D eigenvalue weighted by Crippen LogP contribution is -2.71. The molecule has 3 aromatic rings. The van der Waals surface area contributed by atoms with Crippen LogP contribution in [0.15, 0.2) is 70.1 Å². The molecule has 2 aliphatic heterocycles. The summed E-state index contributed by atoms with van der Waals surface area (Å²) in [6, 6.07) is 15.1. The number of aliphatic hydroxyl groups excluding tert-OH is 1. The molecule has 4 heterocycles. The summed E-state index contributed by atoms with van der Waals surface area (Å²) < 4.78 is 31.4. The van der Waals surface area contributed by atoms with Crippen LogP contribution in [-0.2, 0) is 19.0 Å². The summed E-state index contributed by atoms with van der Waals surface area (Å²) in [6.07, 6.45) is 2.73. The zero-order chi connectivity index (χ0) is 30.1. The smallest absolute Gasteiger partial charge is 0.345 e. The minimum atomic E-state index is -1.21. The molecular weight excluding hydrogens is 550 g/mol. The molecule has 2 saturated carbocycles. The highest BCUT2D eigenvalue weighted by Gasteiger charge is 2.71. The molecule has 7 rings (SSSR count). The normalized spacial score (nSPS) is 38.0. The lowest BCUT2D eigenvalue weighted by atomic mass is 9.42. The van der Waals surface area contributed by atoms with Crippen LogP contribution in [0, 0.1) is 22.7 Å². The van der Waals surface area contributed by atoms with Crippen molar-refractivity contribution in [1.29, 1.82) is 0 Å². The Kier molecular flexibility index (Phi) is 6.57. The topological polar surface area (TPSA) is 117 Å². The maximum absolute atomic E-state index is 13.5. The van der Waals surface area contributed by atoms with Crippen LogP contribution in [0.2, 0.25) is 0 Å². The Labute approximate surface area is 250 Å². The molecule has 0 spiro atoms. The summed E-state index contributed by atoms with van der Waals surface area (Å²) in [6.45, 7) is 8.06. The molecule has 2 aliphatic carbocycles. The van der Waals surface area contributed by atoms with E-state index in [0.29, 0.717) is 18.6 Å². The van der Waals surface area contributed by atoms with E-state index >= 15 is 0 Å². The van der Waals surface area contributed by atoms with Gasteiger partial charge in [-0.3, -0.25) is 9.78 Å². The van der Waals surface area contributed by atoms with E-state index < -0.39 is 52.4 Å². The summed E-state index contributed by atoms with van der Waals surface area (Å²) in [4.78, 5) is 30.1. The number of pyridine rings is 1. The Morgan fingerprint density at radius 2 is 1.88 bits per heavy atom. The minimum Gasteiger partial charge on any atom is -0.482 e. The van der Waals surface area contributed by atoms with E-state index in [4.69, 9.17) is 23.4 Å². The van der Waals surface area contributed by atoms with Gasteiger partial charge in [0.15, 0.2) is 6.29 Å². The van der Waals surface area contributed by atoms with E-state index in [1.54, 1.807) is 30.6 Å². The highest BCUT2D eigenvalue weighted by molar-refractivity contribution is 5.66. The predicted molar refractivity (Wildman–Crippen MR) is 155 cm³/mol. The van der Waals surface area contributed by atoms with Crippen molar-refractivity contribution in [3.8, 4) is 17.1 Å². The Hall–Kier alpha value is -3.53. The predicted octanol–water partition coefficient (Wildman–Crippen LogP) is 5.37. The maximum atomic E-state index is 13.5. The largest absolute Gasteiger partial charge is 0.482 e. The molecule has 43 heavy (non-hydrogen) atoms. The van der Waals surface area contributed by atoms with Crippen molar-refractivity contribution in [3.05, 3.63) is 82.5 Å². The van der Waals surface area contributed by atoms with E-state index in [2.05, 4.69) is 18.8 Å². The monoisotopic (exact) mass is 587 g/mol. The molecule has 9 atom stereocenters. The van der Waals surface area contributed by atoms with Gasteiger partial charge in [-0.2, -0.15) is 0 Å². The van der Waals surface area contributed by atoms with Crippen molar-refractivity contribution in [2.45, 2.75) is 77.2 Å². The fourth-order valence-corrected chi connectivity index (χ4v) is 8.84. The average molecular weight is 588 g/mol. The number of aliphatic hydroxyl groups is 1. The van der Waals surface area contributed by atoms with Gasteiger partial charge in [0.05, 0.1) is 18.8 Å². The van der Waals surface area contributed by atoms with Gasteiger partial charge in [-0.1, -0.05) is 44.2 Å². The number of esters is 1. The third-order valence-electron chi connectivity index (χ3n) is 10.7. The lowest BCUT2D eigenvalue weighted by Gasteiger charge is -2.67. The van der Waals surface area contributed by atoms with Crippen LogP contribution in [-0.4, -0.2) is 40.5 Å². The standard InChI is InChI=1S/C34H37NO8/c1-19(36)40-26-16-24-32(2,13-12-25-33(24,3)18-39-31(42-25)20-9-6-5-7-10-20)29-28(37)27-23(43-34(26,29)4)15-22(41-30(27)38)21-11-8-14-35-17-21/h5-11,14-15,17,24-26,28-29,31,37H,12-13,16,18H2,1-4H3/t24-,25+,26+,28+,29-,31-,32+,33+,34-/m1/s1. The van der Waals surface area contributed by atoms with Crippen molar-refractivity contribution >= 4 is 5.97 Å². The Morgan fingerprint density at radius 1 is 1.09 bits per heavy atom. The molecule has 2 aromatic heterocycles. The second-order valence-corrected chi connectivity index (χ2v) is 13.2. The molecule has 4 aliphatic rings. The first-order valence-electron chi connectivity index (χ1n) is 15.0.